The first-order valence-electron chi connectivity index (χ1n) is 4.85. The zero-order valence-electron chi connectivity index (χ0n) is 8.74. The van der Waals surface area contributed by atoms with E-state index in [1.807, 2.05) is 29.6 Å². The van der Waals surface area contributed by atoms with Crippen LogP contribution in [0.3, 0.4) is 0 Å². The maximum absolute atomic E-state index is 11.0. The average Bonchev–Trinajstić information content (AvgIpc) is 2.66. The molecule has 16 heavy (non-hydrogen) atoms. The number of nitrogens with zero attached hydrogens (tertiary/aromatic N) is 1. The number of ketones is 1. The molecule has 0 bridgehead atoms. The Hall–Kier alpha value is -1.00. The molecule has 0 radical (unpaired) electrons. The van der Waals surface area contributed by atoms with Crippen LogP contribution in [0.1, 0.15) is 12.6 Å². The van der Waals surface area contributed by atoms with Crippen molar-refractivity contribution in [2.24, 2.45) is 0 Å². The molecule has 0 spiro atoms. The number of carbonyl (C=O) groups excluding carboxylic acids is 1. The highest BCUT2D eigenvalue weighted by atomic mass is 79.9. The molecule has 0 saturated heterocycles. The first-order valence-corrected chi connectivity index (χ1v) is 6.52. The number of hydrogen-bond donors (Lipinski definition) is 0. The van der Waals surface area contributed by atoms with Crippen molar-refractivity contribution in [2.45, 2.75) is 13.3 Å². The summed E-state index contributed by atoms with van der Waals surface area (Å²) in [6.07, 6.45) is 0.424. The minimum Gasteiger partial charge on any atom is -0.300 e. The second kappa shape index (κ2) is 4.89. The van der Waals surface area contributed by atoms with Crippen LogP contribution in [0.2, 0.25) is 0 Å². The summed E-state index contributed by atoms with van der Waals surface area (Å²) in [6, 6.07) is 8.00. The fraction of sp³-hybridized carbons (Fsp3) is 0.167. The predicted octanol–water partition coefficient (Wildman–Crippen LogP) is 3.70. The monoisotopic (exact) mass is 295 g/mol. The fourth-order valence-electron chi connectivity index (χ4n) is 1.37. The van der Waals surface area contributed by atoms with E-state index in [0.29, 0.717) is 6.42 Å². The third kappa shape index (κ3) is 2.77. The number of halogens is 1. The van der Waals surface area contributed by atoms with Crippen molar-refractivity contribution in [3.05, 3.63) is 39.8 Å². The molecule has 0 fully saturated rings. The first-order chi connectivity index (χ1) is 7.65. The van der Waals surface area contributed by atoms with Gasteiger partial charge in [-0.3, -0.25) is 4.79 Å². The lowest BCUT2D eigenvalue weighted by molar-refractivity contribution is -0.116. The van der Waals surface area contributed by atoms with E-state index in [1.165, 1.54) is 0 Å². The molecule has 1 heterocycles. The molecule has 1 aromatic heterocycles. The van der Waals surface area contributed by atoms with E-state index in [0.717, 1.165) is 20.7 Å². The quantitative estimate of drug-likeness (QED) is 0.864. The Morgan fingerprint density at radius 1 is 1.38 bits per heavy atom. The summed E-state index contributed by atoms with van der Waals surface area (Å²) in [4.78, 5) is 15.4. The second-order valence-corrected chi connectivity index (χ2v) is 5.30. The Morgan fingerprint density at radius 2 is 2.06 bits per heavy atom. The maximum Gasteiger partial charge on any atom is 0.135 e. The van der Waals surface area contributed by atoms with E-state index in [9.17, 15) is 4.79 Å². The second-order valence-electron chi connectivity index (χ2n) is 3.53. The predicted molar refractivity (Wildman–Crippen MR) is 69.6 cm³/mol. The van der Waals surface area contributed by atoms with Crippen molar-refractivity contribution in [3.63, 3.8) is 0 Å². The van der Waals surface area contributed by atoms with Crippen molar-refractivity contribution in [3.8, 4) is 10.6 Å². The Bertz CT molecular complexity index is 504. The average molecular weight is 296 g/mol. The molecule has 0 unspecified atom stereocenters. The van der Waals surface area contributed by atoms with Gasteiger partial charge in [0.1, 0.15) is 10.8 Å². The van der Waals surface area contributed by atoms with Gasteiger partial charge in [0.15, 0.2) is 0 Å². The largest absolute Gasteiger partial charge is 0.300 e. The topological polar surface area (TPSA) is 30.0 Å². The molecule has 4 heteroatoms. The lowest BCUT2D eigenvalue weighted by Crippen LogP contribution is -1.95. The van der Waals surface area contributed by atoms with Gasteiger partial charge < -0.3 is 0 Å². The van der Waals surface area contributed by atoms with E-state index in [-0.39, 0.29) is 5.78 Å². The van der Waals surface area contributed by atoms with Gasteiger partial charge in [0.2, 0.25) is 0 Å². The van der Waals surface area contributed by atoms with Crippen molar-refractivity contribution in [1.82, 2.24) is 4.98 Å². The van der Waals surface area contributed by atoms with Gasteiger partial charge in [0, 0.05) is 21.8 Å². The van der Waals surface area contributed by atoms with Crippen LogP contribution < -0.4 is 0 Å². The highest BCUT2D eigenvalue weighted by Gasteiger charge is 2.06. The molecular formula is C12H10BrNOS. The van der Waals surface area contributed by atoms with Crippen LogP contribution in [0.25, 0.3) is 10.6 Å². The summed E-state index contributed by atoms with van der Waals surface area (Å²) < 4.78 is 1.05. The number of hydrogen-bond acceptors (Lipinski definition) is 3. The normalized spacial score (nSPS) is 10.4. The molecule has 2 rings (SSSR count). The van der Waals surface area contributed by atoms with Crippen LogP contribution in [-0.4, -0.2) is 10.8 Å². The number of carbonyl (C=O) groups is 1. The van der Waals surface area contributed by atoms with Crippen molar-refractivity contribution in [2.75, 3.05) is 0 Å². The number of thiazole rings is 1. The van der Waals surface area contributed by atoms with E-state index in [1.54, 1.807) is 18.3 Å². The van der Waals surface area contributed by atoms with Crippen molar-refractivity contribution >= 4 is 33.0 Å². The Labute approximate surface area is 106 Å². The highest BCUT2D eigenvalue weighted by molar-refractivity contribution is 9.10. The van der Waals surface area contributed by atoms with Crippen LogP contribution in [0.4, 0.5) is 0 Å². The Morgan fingerprint density at radius 3 is 2.69 bits per heavy atom. The summed E-state index contributed by atoms with van der Waals surface area (Å²) in [6.45, 7) is 1.58. The van der Waals surface area contributed by atoms with Crippen LogP contribution in [0, 0.1) is 0 Å². The van der Waals surface area contributed by atoms with Gasteiger partial charge >= 0.3 is 0 Å². The minimum atomic E-state index is 0.146. The molecular weight excluding hydrogens is 286 g/mol. The van der Waals surface area contributed by atoms with Gasteiger partial charge in [-0.15, -0.1) is 11.3 Å². The van der Waals surface area contributed by atoms with Crippen LogP contribution >= 0.6 is 27.3 Å². The van der Waals surface area contributed by atoms with E-state index in [4.69, 9.17) is 0 Å². The van der Waals surface area contributed by atoms with Crippen molar-refractivity contribution < 1.29 is 4.79 Å². The van der Waals surface area contributed by atoms with E-state index in [2.05, 4.69) is 20.9 Å². The molecule has 0 saturated carbocycles. The van der Waals surface area contributed by atoms with Crippen molar-refractivity contribution in [1.29, 1.82) is 0 Å². The van der Waals surface area contributed by atoms with Gasteiger partial charge in [-0.1, -0.05) is 28.1 Å². The molecule has 0 aliphatic carbocycles. The molecule has 0 aliphatic rings. The summed E-state index contributed by atoms with van der Waals surface area (Å²) in [5.74, 6) is 0.146. The summed E-state index contributed by atoms with van der Waals surface area (Å²) in [5, 5.41) is 2.91. The van der Waals surface area contributed by atoms with Gasteiger partial charge in [0.05, 0.1) is 5.69 Å². The SMILES string of the molecule is CC(=O)Cc1csc(-c2ccc(Br)cc2)n1. The number of benzene rings is 1. The maximum atomic E-state index is 11.0. The molecule has 0 amide bonds. The smallest absolute Gasteiger partial charge is 0.135 e. The summed E-state index contributed by atoms with van der Waals surface area (Å²) in [7, 11) is 0. The third-order valence-electron chi connectivity index (χ3n) is 2.07. The fourth-order valence-corrected chi connectivity index (χ4v) is 2.46. The molecule has 1 aromatic carbocycles. The van der Waals surface area contributed by atoms with Gasteiger partial charge in [-0.25, -0.2) is 4.98 Å². The molecule has 2 aromatic rings. The van der Waals surface area contributed by atoms with E-state index < -0.39 is 0 Å². The lowest BCUT2D eigenvalue weighted by Gasteiger charge is -1.95. The highest BCUT2D eigenvalue weighted by Crippen LogP contribution is 2.25. The molecule has 82 valence electrons. The Kier molecular flexibility index (Phi) is 3.51. The first kappa shape index (κ1) is 11.5. The standard InChI is InChI=1S/C12H10BrNOS/c1-8(15)6-11-7-16-12(14-11)9-2-4-10(13)5-3-9/h2-5,7H,6H2,1H3. The minimum absolute atomic E-state index is 0.146. The van der Waals surface area contributed by atoms with E-state index >= 15 is 0 Å². The third-order valence-corrected chi connectivity index (χ3v) is 3.54. The number of Topliss-reactive ketones (excluding diaryl/α,β-unsaturated/α-hetero) is 1. The molecule has 0 atom stereocenters. The zero-order valence-corrected chi connectivity index (χ0v) is 11.1. The van der Waals surface area contributed by atoms with Gasteiger partial charge in [-0.2, -0.15) is 0 Å². The molecule has 0 aliphatic heterocycles. The van der Waals surface area contributed by atoms with Gasteiger partial charge in [-0.05, 0) is 19.1 Å². The molecule has 2 nitrogen and oxygen atoms in total. The van der Waals surface area contributed by atoms with Crippen LogP contribution in [-0.2, 0) is 11.2 Å². The summed E-state index contributed by atoms with van der Waals surface area (Å²) >= 11 is 4.97. The zero-order chi connectivity index (χ0) is 11.5. The molecule has 0 N–H and O–H groups in total. The van der Waals surface area contributed by atoms with Crippen LogP contribution in [0.5, 0.6) is 0 Å². The van der Waals surface area contributed by atoms with Crippen LogP contribution in [0.15, 0.2) is 34.1 Å². The summed E-state index contributed by atoms with van der Waals surface area (Å²) in [5.41, 5.74) is 1.94. The number of rotatable bonds is 3. The van der Waals surface area contributed by atoms with Gasteiger partial charge in [0.25, 0.3) is 0 Å². The Balaban J connectivity index is 2.24. The lowest BCUT2D eigenvalue weighted by atomic mass is 10.2. The number of aromatic nitrogens is 1.